The first-order valence-electron chi connectivity index (χ1n) is 5.19. The molecule has 1 fully saturated rings. The molecular formula is C10H21NO. The maximum absolute atomic E-state index is 8.60. The number of likely N-dealkylation sites (tertiary alicyclic amines) is 1. The summed E-state index contributed by atoms with van der Waals surface area (Å²) in [4.78, 5) is 2.57. The van der Waals surface area contributed by atoms with Crippen LogP contribution in [0.1, 0.15) is 39.0 Å². The van der Waals surface area contributed by atoms with Crippen molar-refractivity contribution in [3.63, 3.8) is 0 Å². The van der Waals surface area contributed by atoms with Crippen LogP contribution in [0, 0.1) is 0 Å². The van der Waals surface area contributed by atoms with Crippen molar-refractivity contribution in [3.05, 3.63) is 0 Å². The molecule has 2 nitrogen and oxygen atoms in total. The van der Waals surface area contributed by atoms with E-state index in [-0.39, 0.29) is 0 Å². The third kappa shape index (κ3) is 3.11. The largest absolute Gasteiger partial charge is 0.396 e. The summed E-state index contributed by atoms with van der Waals surface area (Å²) in [6, 6.07) is 0.805. The Balaban J connectivity index is 1.98. The Kier molecular flexibility index (Phi) is 4.62. The molecule has 1 atom stereocenters. The fraction of sp³-hybridized carbons (Fsp3) is 1.00. The highest BCUT2D eigenvalue weighted by Crippen LogP contribution is 2.16. The van der Waals surface area contributed by atoms with Crippen molar-refractivity contribution in [3.8, 4) is 0 Å². The summed E-state index contributed by atoms with van der Waals surface area (Å²) >= 11 is 0. The zero-order valence-electron chi connectivity index (χ0n) is 8.13. The van der Waals surface area contributed by atoms with Crippen molar-refractivity contribution in [2.75, 3.05) is 19.7 Å². The Labute approximate surface area is 75.6 Å². The average Bonchev–Trinajstić information content (AvgIpc) is 2.46. The van der Waals surface area contributed by atoms with Crippen LogP contribution in [0.2, 0.25) is 0 Å². The maximum atomic E-state index is 8.60. The average molecular weight is 171 g/mol. The zero-order valence-corrected chi connectivity index (χ0v) is 8.13. The molecule has 12 heavy (non-hydrogen) atoms. The van der Waals surface area contributed by atoms with E-state index in [1.54, 1.807) is 0 Å². The highest BCUT2D eigenvalue weighted by molar-refractivity contribution is 4.74. The van der Waals surface area contributed by atoms with Crippen LogP contribution in [0.15, 0.2) is 0 Å². The minimum Gasteiger partial charge on any atom is -0.396 e. The monoisotopic (exact) mass is 171 g/mol. The Bertz CT molecular complexity index is 116. The fourth-order valence-electron chi connectivity index (χ4n) is 1.93. The maximum Gasteiger partial charge on any atom is 0.0431 e. The summed E-state index contributed by atoms with van der Waals surface area (Å²) in [6.07, 6.45) is 6.16. The van der Waals surface area contributed by atoms with Crippen LogP contribution in [-0.2, 0) is 0 Å². The van der Waals surface area contributed by atoms with Crippen molar-refractivity contribution >= 4 is 0 Å². The van der Waals surface area contributed by atoms with E-state index in [1.807, 2.05) is 0 Å². The molecule has 0 aromatic carbocycles. The minimum absolute atomic E-state index is 0.357. The van der Waals surface area contributed by atoms with Gasteiger partial charge in [0.05, 0.1) is 0 Å². The van der Waals surface area contributed by atoms with E-state index in [0.717, 1.165) is 12.5 Å². The van der Waals surface area contributed by atoms with Gasteiger partial charge in [-0.25, -0.2) is 0 Å². The van der Waals surface area contributed by atoms with Gasteiger partial charge in [-0.15, -0.1) is 0 Å². The summed E-state index contributed by atoms with van der Waals surface area (Å²) in [5.41, 5.74) is 0. The van der Waals surface area contributed by atoms with E-state index in [1.165, 1.54) is 38.8 Å². The molecule has 1 aliphatic rings. The predicted molar refractivity (Wildman–Crippen MR) is 51.2 cm³/mol. The summed E-state index contributed by atoms with van der Waals surface area (Å²) in [5.74, 6) is 0. The first kappa shape index (κ1) is 10.0. The van der Waals surface area contributed by atoms with Gasteiger partial charge >= 0.3 is 0 Å². The number of rotatable bonds is 5. The molecule has 0 aliphatic carbocycles. The molecule has 1 heterocycles. The van der Waals surface area contributed by atoms with Gasteiger partial charge in [0.25, 0.3) is 0 Å². The van der Waals surface area contributed by atoms with E-state index in [2.05, 4.69) is 11.8 Å². The highest BCUT2D eigenvalue weighted by Gasteiger charge is 2.18. The molecule has 1 N–H and O–H groups in total. The van der Waals surface area contributed by atoms with Gasteiger partial charge in [0.15, 0.2) is 0 Å². The predicted octanol–water partition coefficient (Wildman–Crippen LogP) is 1.63. The molecule has 1 saturated heterocycles. The summed E-state index contributed by atoms with van der Waals surface area (Å²) in [5, 5.41) is 8.60. The number of hydrogen-bond acceptors (Lipinski definition) is 2. The number of hydrogen-bond donors (Lipinski definition) is 1. The Morgan fingerprint density at radius 1 is 1.33 bits per heavy atom. The van der Waals surface area contributed by atoms with Crippen LogP contribution < -0.4 is 0 Å². The SMILES string of the molecule is CC1CCCN1CCCCCO. The standard InChI is InChI=1S/C10H21NO/c1-10-6-5-8-11(10)7-3-2-4-9-12/h10,12H,2-9H2,1H3. The molecule has 0 saturated carbocycles. The van der Waals surface area contributed by atoms with Gasteiger partial charge in [-0.1, -0.05) is 0 Å². The van der Waals surface area contributed by atoms with Crippen LogP contribution in [0.5, 0.6) is 0 Å². The van der Waals surface area contributed by atoms with Crippen LogP contribution in [0.3, 0.4) is 0 Å². The first-order chi connectivity index (χ1) is 5.84. The minimum atomic E-state index is 0.357. The topological polar surface area (TPSA) is 23.5 Å². The van der Waals surface area contributed by atoms with Crippen molar-refractivity contribution in [1.29, 1.82) is 0 Å². The van der Waals surface area contributed by atoms with Crippen LogP contribution in [0.4, 0.5) is 0 Å². The van der Waals surface area contributed by atoms with Crippen LogP contribution in [0.25, 0.3) is 0 Å². The van der Waals surface area contributed by atoms with E-state index in [9.17, 15) is 0 Å². The normalized spacial score (nSPS) is 25.0. The summed E-state index contributed by atoms with van der Waals surface area (Å²) in [7, 11) is 0. The number of unbranched alkanes of at least 4 members (excludes halogenated alkanes) is 2. The Morgan fingerprint density at radius 3 is 2.75 bits per heavy atom. The van der Waals surface area contributed by atoms with E-state index in [4.69, 9.17) is 5.11 Å². The third-order valence-electron chi connectivity index (χ3n) is 2.79. The molecular weight excluding hydrogens is 150 g/mol. The lowest BCUT2D eigenvalue weighted by molar-refractivity contribution is 0.249. The van der Waals surface area contributed by atoms with Crippen molar-refractivity contribution in [1.82, 2.24) is 4.90 Å². The molecule has 1 aliphatic heterocycles. The number of aliphatic hydroxyl groups is 1. The van der Waals surface area contributed by atoms with Gasteiger partial charge in [0.1, 0.15) is 0 Å². The first-order valence-corrected chi connectivity index (χ1v) is 5.19. The zero-order chi connectivity index (χ0) is 8.81. The molecule has 1 unspecified atom stereocenters. The van der Waals surface area contributed by atoms with Gasteiger partial charge in [0, 0.05) is 12.6 Å². The molecule has 0 amide bonds. The highest BCUT2D eigenvalue weighted by atomic mass is 16.2. The third-order valence-corrected chi connectivity index (χ3v) is 2.79. The smallest absolute Gasteiger partial charge is 0.0431 e. The molecule has 0 radical (unpaired) electrons. The Morgan fingerprint density at radius 2 is 2.17 bits per heavy atom. The van der Waals surface area contributed by atoms with E-state index < -0.39 is 0 Å². The van der Waals surface area contributed by atoms with Crippen LogP contribution in [-0.4, -0.2) is 35.7 Å². The van der Waals surface area contributed by atoms with Crippen molar-refractivity contribution in [2.45, 2.75) is 45.1 Å². The lowest BCUT2D eigenvalue weighted by Gasteiger charge is -2.20. The van der Waals surface area contributed by atoms with Gasteiger partial charge in [0.2, 0.25) is 0 Å². The molecule has 0 spiro atoms. The van der Waals surface area contributed by atoms with Crippen molar-refractivity contribution in [2.24, 2.45) is 0 Å². The quantitative estimate of drug-likeness (QED) is 0.636. The molecule has 0 bridgehead atoms. The summed E-state index contributed by atoms with van der Waals surface area (Å²) in [6.45, 7) is 5.20. The van der Waals surface area contributed by atoms with Gasteiger partial charge in [-0.3, -0.25) is 0 Å². The van der Waals surface area contributed by atoms with E-state index in [0.29, 0.717) is 6.61 Å². The number of nitrogens with zero attached hydrogens (tertiary/aromatic N) is 1. The lowest BCUT2D eigenvalue weighted by atomic mass is 10.2. The van der Waals surface area contributed by atoms with Gasteiger partial charge in [-0.05, 0) is 52.1 Å². The summed E-state index contributed by atoms with van der Waals surface area (Å²) < 4.78 is 0. The number of aliphatic hydroxyl groups excluding tert-OH is 1. The van der Waals surface area contributed by atoms with E-state index >= 15 is 0 Å². The van der Waals surface area contributed by atoms with Gasteiger partial charge < -0.3 is 10.0 Å². The second-order valence-corrected chi connectivity index (χ2v) is 3.81. The molecule has 1 rings (SSSR count). The Hall–Kier alpha value is -0.0800. The van der Waals surface area contributed by atoms with Crippen LogP contribution >= 0.6 is 0 Å². The molecule has 72 valence electrons. The molecule has 2 heteroatoms. The molecule has 0 aromatic heterocycles. The van der Waals surface area contributed by atoms with Crippen molar-refractivity contribution < 1.29 is 5.11 Å². The lowest BCUT2D eigenvalue weighted by Crippen LogP contribution is -2.27. The molecule has 0 aromatic rings. The second kappa shape index (κ2) is 5.55. The van der Waals surface area contributed by atoms with Gasteiger partial charge in [-0.2, -0.15) is 0 Å². The fourth-order valence-corrected chi connectivity index (χ4v) is 1.93. The second-order valence-electron chi connectivity index (χ2n) is 3.81.